The maximum absolute atomic E-state index is 13.4. The number of nitrogens with zero attached hydrogens (tertiary/aromatic N) is 2. The molecule has 5 rings (SSSR count). The van der Waals surface area contributed by atoms with E-state index in [1.165, 1.54) is 11.8 Å². The van der Waals surface area contributed by atoms with Gasteiger partial charge < -0.3 is 14.2 Å². The Morgan fingerprint density at radius 1 is 1.00 bits per heavy atom. The molecule has 2 aliphatic rings. The highest BCUT2D eigenvalue weighted by atomic mass is 32.2. The number of anilines is 1. The third-order valence-electron chi connectivity index (χ3n) is 5.24. The van der Waals surface area contributed by atoms with Crippen LogP contribution in [0, 0.1) is 0 Å². The van der Waals surface area contributed by atoms with Gasteiger partial charge in [0.05, 0.1) is 24.2 Å². The Morgan fingerprint density at radius 3 is 2.52 bits per heavy atom. The highest BCUT2D eigenvalue weighted by molar-refractivity contribution is 8.19. The van der Waals surface area contributed by atoms with Gasteiger partial charge >= 0.3 is 0 Å². The lowest BCUT2D eigenvalue weighted by molar-refractivity contribution is -0.113. The van der Waals surface area contributed by atoms with E-state index in [0.29, 0.717) is 35.6 Å². The van der Waals surface area contributed by atoms with Crippen molar-refractivity contribution in [2.24, 2.45) is 4.99 Å². The predicted octanol–water partition coefficient (Wildman–Crippen LogP) is 5.14. The van der Waals surface area contributed by atoms with Gasteiger partial charge in [0.25, 0.3) is 5.91 Å². The van der Waals surface area contributed by atoms with Crippen LogP contribution in [-0.4, -0.2) is 31.4 Å². The topological polar surface area (TPSA) is 60.4 Å². The van der Waals surface area contributed by atoms with Gasteiger partial charge in [-0.15, -0.1) is 0 Å². The standard InChI is InChI=1S/C26H22N2O4S/c1-30-21-10-7-18(8-11-21)17-27-26-28(20-5-3-2-4-6-20)25(29)24(33-26)16-19-9-12-22-23(15-19)32-14-13-31-22/h2-12,15-16H,13-14,17H2,1H3/b24-16-,27-26?. The summed E-state index contributed by atoms with van der Waals surface area (Å²) in [5.41, 5.74) is 2.70. The molecule has 3 aromatic carbocycles. The Morgan fingerprint density at radius 2 is 1.76 bits per heavy atom. The van der Waals surface area contributed by atoms with Crippen LogP contribution in [0.25, 0.3) is 6.08 Å². The Bertz CT molecular complexity index is 1220. The van der Waals surface area contributed by atoms with Crippen LogP contribution in [0.3, 0.4) is 0 Å². The lowest BCUT2D eigenvalue weighted by Gasteiger charge is -2.18. The molecule has 0 aliphatic carbocycles. The van der Waals surface area contributed by atoms with E-state index in [4.69, 9.17) is 19.2 Å². The predicted molar refractivity (Wildman–Crippen MR) is 131 cm³/mol. The molecule has 3 aromatic rings. The van der Waals surface area contributed by atoms with Gasteiger partial charge in [0.1, 0.15) is 19.0 Å². The first-order valence-corrected chi connectivity index (χ1v) is 11.4. The quantitative estimate of drug-likeness (QED) is 0.495. The number of thioether (sulfide) groups is 1. The van der Waals surface area contributed by atoms with E-state index in [0.717, 1.165) is 28.3 Å². The Balaban J connectivity index is 1.45. The highest BCUT2D eigenvalue weighted by Crippen LogP contribution is 2.38. The van der Waals surface area contributed by atoms with Crippen molar-refractivity contribution in [3.63, 3.8) is 0 Å². The highest BCUT2D eigenvalue weighted by Gasteiger charge is 2.34. The summed E-state index contributed by atoms with van der Waals surface area (Å²) in [5.74, 6) is 2.11. The zero-order valence-corrected chi connectivity index (χ0v) is 18.9. The second kappa shape index (κ2) is 9.42. The van der Waals surface area contributed by atoms with E-state index in [9.17, 15) is 4.79 Å². The van der Waals surface area contributed by atoms with Gasteiger partial charge in [0, 0.05) is 0 Å². The SMILES string of the molecule is COc1ccc(CN=C2S/C(=C\c3ccc4c(c3)OCCO4)C(=O)N2c2ccccc2)cc1. The molecule has 0 atom stereocenters. The van der Waals surface area contributed by atoms with Crippen molar-refractivity contribution in [2.45, 2.75) is 6.54 Å². The first-order chi connectivity index (χ1) is 16.2. The van der Waals surface area contributed by atoms with Gasteiger partial charge in [0.2, 0.25) is 0 Å². The first-order valence-electron chi connectivity index (χ1n) is 10.6. The Hall–Kier alpha value is -3.71. The Labute approximate surface area is 196 Å². The number of amides is 1. The number of amidine groups is 1. The average molecular weight is 459 g/mol. The van der Waals surface area contributed by atoms with Gasteiger partial charge in [-0.3, -0.25) is 14.7 Å². The van der Waals surface area contributed by atoms with Crippen LogP contribution < -0.4 is 19.1 Å². The molecule has 0 saturated carbocycles. The van der Waals surface area contributed by atoms with E-state index in [1.807, 2.05) is 78.9 Å². The summed E-state index contributed by atoms with van der Waals surface area (Å²) in [7, 11) is 1.64. The van der Waals surface area contributed by atoms with E-state index in [2.05, 4.69) is 0 Å². The molecule has 0 N–H and O–H groups in total. The van der Waals surface area contributed by atoms with Crippen molar-refractivity contribution in [3.8, 4) is 17.2 Å². The number of hydrogen-bond donors (Lipinski definition) is 0. The van der Waals surface area contributed by atoms with E-state index in [1.54, 1.807) is 12.0 Å². The first kappa shape index (κ1) is 21.2. The average Bonchev–Trinajstić information content (AvgIpc) is 3.18. The molecule has 7 heteroatoms. The second-order valence-corrected chi connectivity index (χ2v) is 8.45. The van der Waals surface area contributed by atoms with Crippen molar-refractivity contribution in [3.05, 3.63) is 88.8 Å². The zero-order valence-electron chi connectivity index (χ0n) is 18.1. The Kier molecular flexibility index (Phi) is 6.04. The van der Waals surface area contributed by atoms with E-state index < -0.39 is 0 Å². The van der Waals surface area contributed by atoms with Gasteiger partial charge in [-0.1, -0.05) is 36.4 Å². The molecule has 166 valence electrons. The van der Waals surface area contributed by atoms with Crippen LogP contribution >= 0.6 is 11.8 Å². The number of carbonyl (C=O) groups is 1. The summed E-state index contributed by atoms with van der Waals surface area (Å²) in [6.07, 6.45) is 1.87. The second-order valence-electron chi connectivity index (χ2n) is 7.44. The molecule has 0 radical (unpaired) electrons. The van der Waals surface area contributed by atoms with Crippen molar-refractivity contribution in [1.29, 1.82) is 0 Å². The summed E-state index contributed by atoms with van der Waals surface area (Å²) in [5, 5.41) is 0.644. The lowest BCUT2D eigenvalue weighted by atomic mass is 10.1. The number of hydrogen-bond acceptors (Lipinski definition) is 6. The van der Waals surface area contributed by atoms with Crippen LogP contribution in [0.2, 0.25) is 0 Å². The van der Waals surface area contributed by atoms with Crippen LogP contribution in [0.1, 0.15) is 11.1 Å². The number of methoxy groups -OCH3 is 1. The molecule has 0 unspecified atom stereocenters. The minimum atomic E-state index is -0.102. The number of ether oxygens (including phenoxy) is 3. The zero-order chi connectivity index (χ0) is 22.6. The van der Waals surface area contributed by atoms with Gasteiger partial charge in [0.15, 0.2) is 16.7 Å². The normalized spacial score (nSPS) is 17.6. The third-order valence-corrected chi connectivity index (χ3v) is 6.25. The van der Waals surface area contributed by atoms with E-state index >= 15 is 0 Å². The van der Waals surface area contributed by atoms with E-state index in [-0.39, 0.29) is 5.91 Å². The lowest BCUT2D eigenvalue weighted by Crippen LogP contribution is -2.28. The summed E-state index contributed by atoms with van der Waals surface area (Å²) >= 11 is 1.37. The van der Waals surface area contributed by atoms with Crippen LogP contribution in [0.15, 0.2) is 82.7 Å². The fourth-order valence-electron chi connectivity index (χ4n) is 3.57. The van der Waals surface area contributed by atoms with Crippen molar-refractivity contribution >= 4 is 34.6 Å². The number of benzene rings is 3. The molecule has 6 nitrogen and oxygen atoms in total. The molecule has 1 saturated heterocycles. The number of rotatable bonds is 5. The maximum atomic E-state index is 13.4. The maximum Gasteiger partial charge on any atom is 0.271 e. The molecule has 0 bridgehead atoms. The number of aliphatic imine (C=N–C) groups is 1. The largest absolute Gasteiger partial charge is 0.497 e. The van der Waals surface area contributed by atoms with Gasteiger partial charge in [-0.2, -0.15) is 0 Å². The summed E-state index contributed by atoms with van der Waals surface area (Å²) in [6, 6.07) is 23.0. The molecule has 33 heavy (non-hydrogen) atoms. The molecule has 1 amide bonds. The molecule has 1 fully saturated rings. The van der Waals surface area contributed by atoms with Crippen LogP contribution in [0.4, 0.5) is 5.69 Å². The minimum absolute atomic E-state index is 0.102. The summed E-state index contributed by atoms with van der Waals surface area (Å²) in [6.45, 7) is 1.52. The summed E-state index contributed by atoms with van der Waals surface area (Å²) in [4.78, 5) is 20.4. The molecule has 0 spiro atoms. The molecule has 2 aliphatic heterocycles. The van der Waals surface area contributed by atoms with Crippen LogP contribution in [-0.2, 0) is 11.3 Å². The van der Waals surface area contributed by atoms with Gasteiger partial charge in [-0.05, 0) is 65.4 Å². The number of para-hydroxylation sites is 1. The van der Waals surface area contributed by atoms with Crippen LogP contribution in [0.5, 0.6) is 17.2 Å². The molecule has 0 aromatic heterocycles. The third kappa shape index (κ3) is 4.59. The van der Waals surface area contributed by atoms with Gasteiger partial charge in [-0.25, -0.2) is 0 Å². The van der Waals surface area contributed by atoms with Crippen molar-refractivity contribution < 1.29 is 19.0 Å². The fraction of sp³-hybridized carbons (Fsp3) is 0.154. The smallest absolute Gasteiger partial charge is 0.271 e. The minimum Gasteiger partial charge on any atom is -0.497 e. The van der Waals surface area contributed by atoms with Crippen molar-refractivity contribution in [1.82, 2.24) is 0 Å². The number of carbonyl (C=O) groups excluding carboxylic acids is 1. The molecule has 2 heterocycles. The molecular formula is C26H22N2O4S. The van der Waals surface area contributed by atoms with Crippen molar-refractivity contribution in [2.75, 3.05) is 25.2 Å². The molecular weight excluding hydrogens is 436 g/mol. The summed E-state index contributed by atoms with van der Waals surface area (Å²) < 4.78 is 16.5. The number of fused-ring (bicyclic) bond motifs is 1. The monoisotopic (exact) mass is 458 g/mol. The fourth-order valence-corrected chi connectivity index (χ4v) is 4.55.